The van der Waals surface area contributed by atoms with Gasteiger partial charge in [-0.05, 0) is 35.9 Å². The highest BCUT2D eigenvalue weighted by Crippen LogP contribution is 2.29. The number of piperazine rings is 1. The van der Waals surface area contributed by atoms with Crippen molar-refractivity contribution in [3.63, 3.8) is 0 Å². The number of rotatable bonds is 4. The summed E-state index contributed by atoms with van der Waals surface area (Å²) >= 11 is 18.5. The Morgan fingerprint density at radius 2 is 1.72 bits per heavy atom. The van der Waals surface area contributed by atoms with Crippen molar-refractivity contribution in [1.82, 2.24) is 20.0 Å². The van der Waals surface area contributed by atoms with Crippen LogP contribution in [0.25, 0.3) is 11.3 Å². The van der Waals surface area contributed by atoms with E-state index in [-0.39, 0.29) is 5.91 Å². The smallest absolute Gasteiger partial charge is 0.271 e. The van der Waals surface area contributed by atoms with Gasteiger partial charge in [0, 0.05) is 48.3 Å². The topological polar surface area (TPSA) is 52.2 Å². The van der Waals surface area contributed by atoms with Crippen molar-refractivity contribution in [2.45, 2.75) is 6.54 Å². The molecule has 0 aliphatic carbocycles. The monoisotopic (exact) mass is 448 g/mol. The van der Waals surface area contributed by atoms with Gasteiger partial charge in [0.15, 0.2) is 0 Å². The molecule has 1 saturated heterocycles. The van der Waals surface area contributed by atoms with Crippen LogP contribution in [0.4, 0.5) is 0 Å². The van der Waals surface area contributed by atoms with Crippen molar-refractivity contribution in [3.8, 4) is 11.3 Å². The number of carbonyl (C=O) groups is 1. The van der Waals surface area contributed by atoms with Crippen LogP contribution in [0.5, 0.6) is 0 Å². The highest BCUT2D eigenvalue weighted by molar-refractivity contribution is 6.36. The summed E-state index contributed by atoms with van der Waals surface area (Å²) in [5.74, 6) is -0.0637. The molecule has 1 fully saturated rings. The van der Waals surface area contributed by atoms with Gasteiger partial charge in [-0.2, -0.15) is 5.10 Å². The van der Waals surface area contributed by atoms with E-state index in [4.69, 9.17) is 34.8 Å². The van der Waals surface area contributed by atoms with Gasteiger partial charge in [0.05, 0.1) is 10.7 Å². The molecule has 8 heteroatoms. The molecular formula is C21H19Cl3N4O. The number of aromatic nitrogens is 2. The van der Waals surface area contributed by atoms with Gasteiger partial charge in [0.25, 0.3) is 5.91 Å². The molecule has 0 radical (unpaired) electrons. The molecular weight excluding hydrogens is 431 g/mol. The van der Waals surface area contributed by atoms with Crippen LogP contribution in [0.3, 0.4) is 0 Å². The van der Waals surface area contributed by atoms with Gasteiger partial charge < -0.3 is 4.90 Å². The number of amides is 1. The van der Waals surface area contributed by atoms with Gasteiger partial charge in [0.1, 0.15) is 5.69 Å². The minimum Gasteiger partial charge on any atom is -0.335 e. The molecule has 1 aromatic heterocycles. The summed E-state index contributed by atoms with van der Waals surface area (Å²) in [6, 6.07) is 14.8. The van der Waals surface area contributed by atoms with E-state index in [0.717, 1.165) is 35.8 Å². The average molecular weight is 450 g/mol. The number of hydrogen-bond acceptors (Lipinski definition) is 3. The molecule has 4 rings (SSSR count). The van der Waals surface area contributed by atoms with E-state index >= 15 is 0 Å². The third-order valence-corrected chi connectivity index (χ3v) is 5.94. The van der Waals surface area contributed by atoms with E-state index in [1.165, 1.54) is 0 Å². The largest absolute Gasteiger partial charge is 0.335 e. The molecule has 0 saturated carbocycles. The van der Waals surface area contributed by atoms with Crippen LogP contribution < -0.4 is 0 Å². The van der Waals surface area contributed by atoms with E-state index < -0.39 is 0 Å². The number of carbonyl (C=O) groups excluding carboxylic acids is 1. The molecule has 0 atom stereocenters. The Balaban J connectivity index is 1.39. The molecule has 0 spiro atoms. The fourth-order valence-corrected chi connectivity index (χ4v) is 4.11. The number of benzene rings is 2. The number of halogens is 3. The molecule has 29 heavy (non-hydrogen) atoms. The SMILES string of the molecule is O=C(c1cc(-c2ccc(Cl)cc2Cl)n[nH]1)N1CCN(Cc2ccccc2Cl)CC1. The maximum absolute atomic E-state index is 12.9. The summed E-state index contributed by atoms with van der Waals surface area (Å²) in [4.78, 5) is 17.0. The lowest BCUT2D eigenvalue weighted by Crippen LogP contribution is -2.48. The number of nitrogens with one attached hydrogen (secondary N) is 1. The number of aromatic amines is 1. The standard InChI is InChI=1S/C21H19Cl3N4O/c22-15-5-6-16(18(24)11-15)19-12-20(26-25-19)21(29)28-9-7-27(8-10-28)13-14-3-1-2-4-17(14)23/h1-6,11-12H,7-10,13H2,(H,25,26). The van der Waals surface area contributed by atoms with Crippen molar-refractivity contribution in [1.29, 1.82) is 0 Å². The first-order valence-corrected chi connectivity index (χ1v) is 10.4. The first-order chi connectivity index (χ1) is 14.0. The van der Waals surface area contributed by atoms with E-state index in [1.54, 1.807) is 24.3 Å². The first-order valence-electron chi connectivity index (χ1n) is 9.27. The van der Waals surface area contributed by atoms with Gasteiger partial charge in [-0.15, -0.1) is 0 Å². The zero-order valence-corrected chi connectivity index (χ0v) is 17.8. The fourth-order valence-electron chi connectivity index (χ4n) is 3.41. The van der Waals surface area contributed by atoms with Gasteiger partial charge in [-0.1, -0.05) is 53.0 Å². The fraction of sp³-hybridized carbons (Fsp3) is 0.238. The maximum atomic E-state index is 12.9. The van der Waals surface area contributed by atoms with Gasteiger partial charge >= 0.3 is 0 Å². The molecule has 1 aliphatic heterocycles. The van der Waals surface area contributed by atoms with Gasteiger partial charge in [-0.3, -0.25) is 14.8 Å². The Hall–Kier alpha value is -2.05. The van der Waals surface area contributed by atoms with Crippen LogP contribution in [0.1, 0.15) is 16.1 Å². The van der Waals surface area contributed by atoms with Crippen LogP contribution >= 0.6 is 34.8 Å². The summed E-state index contributed by atoms with van der Waals surface area (Å²) in [6.07, 6.45) is 0. The molecule has 150 valence electrons. The molecule has 1 aliphatic rings. The Labute approximate surface area is 184 Å². The van der Waals surface area contributed by atoms with Crippen molar-refractivity contribution in [2.75, 3.05) is 26.2 Å². The zero-order valence-electron chi connectivity index (χ0n) is 15.5. The van der Waals surface area contributed by atoms with Crippen LogP contribution in [-0.4, -0.2) is 52.1 Å². The highest BCUT2D eigenvalue weighted by atomic mass is 35.5. The molecule has 2 heterocycles. The highest BCUT2D eigenvalue weighted by Gasteiger charge is 2.24. The number of hydrogen-bond donors (Lipinski definition) is 1. The lowest BCUT2D eigenvalue weighted by atomic mass is 10.1. The predicted octanol–water partition coefficient (Wildman–Crippen LogP) is 4.99. The quantitative estimate of drug-likeness (QED) is 0.610. The normalized spacial score (nSPS) is 14.9. The average Bonchev–Trinajstić information content (AvgIpc) is 3.19. The van der Waals surface area contributed by atoms with Crippen LogP contribution in [-0.2, 0) is 6.54 Å². The number of H-pyrrole nitrogens is 1. The summed E-state index contributed by atoms with van der Waals surface area (Å²) < 4.78 is 0. The predicted molar refractivity (Wildman–Crippen MR) is 117 cm³/mol. The van der Waals surface area contributed by atoms with Crippen LogP contribution in [0, 0.1) is 0 Å². The molecule has 1 amide bonds. The minimum atomic E-state index is -0.0637. The van der Waals surface area contributed by atoms with Crippen molar-refractivity contribution < 1.29 is 4.79 Å². The Morgan fingerprint density at radius 3 is 2.45 bits per heavy atom. The lowest BCUT2D eigenvalue weighted by molar-refractivity contribution is 0.0622. The minimum absolute atomic E-state index is 0.0637. The molecule has 0 unspecified atom stereocenters. The van der Waals surface area contributed by atoms with Gasteiger partial charge in [0.2, 0.25) is 0 Å². The summed E-state index contributed by atoms with van der Waals surface area (Å²) in [7, 11) is 0. The maximum Gasteiger partial charge on any atom is 0.271 e. The third-order valence-electron chi connectivity index (χ3n) is 5.03. The Kier molecular flexibility index (Phi) is 6.11. The first kappa shape index (κ1) is 20.2. The van der Waals surface area contributed by atoms with E-state index in [2.05, 4.69) is 15.1 Å². The molecule has 0 bridgehead atoms. The van der Waals surface area contributed by atoms with Crippen molar-refractivity contribution >= 4 is 40.7 Å². The van der Waals surface area contributed by atoms with Crippen LogP contribution in [0.2, 0.25) is 15.1 Å². The summed E-state index contributed by atoms with van der Waals surface area (Å²) in [5.41, 5.74) is 2.90. The Morgan fingerprint density at radius 1 is 0.966 bits per heavy atom. The molecule has 3 aromatic rings. The van der Waals surface area contributed by atoms with Crippen LogP contribution in [0.15, 0.2) is 48.5 Å². The molecule has 5 nitrogen and oxygen atoms in total. The second kappa shape index (κ2) is 8.76. The van der Waals surface area contributed by atoms with E-state index in [1.807, 2.05) is 29.2 Å². The second-order valence-electron chi connectivity index (χ2n) is 6.95. The molecule has 1 N–H and O–H groups in total. The summed E-state index contributed by atoms with van der Waals surface area (Å²) in [5, 5.41) is 8.91. The van der Waals surface area contributed by atoms with Gasteiger partial charge in [-0.25, -0.2) is 0 Å². The van der Waals surface area contributed by atoms with E-state index in [0.29, 0.717) is 34.5 Å². The van der Waals surface area contributed by atoms with E-state index in [9.17, 15) is 4.79 Å². The molecule has 2 aromatic carbocycles. The third kappa shape index (κ3) is 4.59. The number of nitrogens with zero attached hydrogens (tertiary/aromatic N) is 3. The second-order valence-corrected chi connectivity index (χ2v) is 8.20. The summed E-state index contributed by atoms with van der Waals surface area (Å²) in [6.45, 7) is 3.67. The zero-order chi connectivity index (χ0) is 20.4. The lowest BCUT2D eigenvalue weighted by Gasteiger charge is -2.34. The van der Waals surface area contributed by atoms with Crippen molar-refractivity contribution in [3.05, 3.63) is 74.9 Å². The van der Waals surface area contributed by atoms with Crippen molar-refractivity contribution in [2.24, 2.45) is 0 Å². The Bertz CT molecular complexity index is 1030.